The molecule has 6 heteroatoms. The standard InChI is InChI=1S/C18H31N3O3/c1-13(2)16(20-17(23)15(19)10-14(3)22)11-24-21-9-8-18(12-21)6-4-5-7-18/h10,13,16H,4-9,11-12,19H2,1-3H3,(H,20,23)/b15-10-. The first kappa shape index (κ1) is 18.9. The van der Waals surface area contributed by atoms with Crippen molar-refractivity contribution in [2.75, 3.05) is 19.7 Å². The van der Waals surface area contributed by atoms with Crippen molar-refractivity contribution in [1.29, 1.82) is 0 Å². The van der Waals surface area contributed by atoms with Crippen LogP contribution < -0.4 is 11.1 Å². The number of amides is 1. The lowest BCUT2D eigenvalue weighted by molar-refractivity contribution is -0.158. The van der Waals surface area contributed by atoms with Gasteiger partial charge in [0.15, 0.2) is 5.78 Å². The van der Waals surface area contributed by atoms with Gasteiger partial charge >= 0.3 is 0 Å². The molecule has 0 aromatic heterocycles. The number of carbonyl (C=O) groups excluding carboxylic acids is 2. The Hall–Kier alpha value is -1.40. The molecular weight excluding hydrogens is 306 g/mol. The van der Waals surface area contributed by atoms with E-state index < -0.39 is 5.91 Å². The molecule has 3 N–H and O–H groups in total. The molecule has 6 nitrogen and oxygen atoms in total. The van der Waals surface area contributed by atoms with Crippen LogP contribution in [0.2, 0.25) is 0 Å². The summed E-state index contributed by atoms with van der Waals surface area (Å²) in [5.41, 5.74) is 6.05. The quantitative estimate of drug-likeness (QED) is 0.692. The van der Waals surface area contributed by atoms with Crippen LogP contribution >= 0.6 is 0 Å². The van der Waals surface area contributed by atoms with Gasteiger partial charge in [-0.1, -0.05) is 26.7 Å². The summed E-state index contributed by atoms with van der Waals surface area (Å²) in [6.45, 7) is 7.81. The second kappa shape index (κ2) is 8.12. The van der Waals surface area contributed by atoms with Crippen LogP contribution in [0.25, 0.3) is 0 Å². The minimum absolute atomic E-state index is 0.0563. The first-order chi connectivity index (χ1) is 11.3. The fourth-order valence-electron chi connectivity index (χ4n) is 3.66. The highest BCUT2D eigenvalue weighted by molar-refractivity contribution is 6.00. The summed E-state index contributed by atoms with van der Waals surface area (Å²) in [6, 6.07) is -0.142. The molecule has 0 radical (unpaired) electrons. The van der Waals surface area contributed by atoms with Gasteiger partial charge in [-0.05, 0) is 37.5 Å². The highest BCUT2D eigenvalue weighted by Gasteiger charge is 2.40. The highest BCUT2D eigenvalue weighted by atomic mass is 16.7. The third-order valence-electron chi connectivity index (χ3n) is 5.25. The predicted molar refractivity (Wildman–Crippen MR) is 92.8 cm³/mol. The molecule has 1 saturated carbocycles. The fourth-order valence-corrected chi connectivity index (χ4v) is 3.66. The Morgan fingerprint density at radius 3 is 2.54 bits per heavy atom. The van der Waals surface area contributed by atoms with Crippen LogP contribution in [0.5, 0.6) is 0 Å². The molecule has 2 rings (SSSR count). The van der Waals surface area contributed by atoms with Crippen LogP contribution in [-0.2, 0) is 14.4 Å². The summed E-state index contributed by atoms with van der Waals surface area (Å²) in [7, 11) is 0. The summed E-state index contributed by atoms with van der Waals surface area (Å²) < 4.78 is 0. The van der Waals surface area contributed by atoms with Crippen LogP contribution in [0, 0.1) is 11.3 Å². The molecule has 24 heavy (non-hydrogen) atoms. The summed E-state index contributed by atoms with van der Waals surface area (Å²) >= 11 is 0. The largest absolute Gasteiger partial charge is 0.394 e. The van der Waals surface area contributed by atoms with Gasteiger partial charge in [0.2, 0.25) is 0 Å². The molecular formula is C18H31N3O3. The zero-order valence-electron chi connectivity index (χ0n) is 15.1. The zero-order valence-corrected chi connectivity index (χ0v) is 15.1. The molecule has 2 fully saturated rings. The number of ketones is 1. The van der Waals surface area contributed by atoms with Crippen molar-refractivity contribution in [1.82, 2.24) is 10.4 Å². The second-order valence-corrected chi connectivity index (χ2v) is 7.65. The molecule has 0 aromatic carbocycles. The van der Waals surface area contributed by atoms with Gasteiger partial charge in [-0.2, -0.15) is 5.06 Å². The van der Waals surface area contributed by atoms with Crippen molar-refractivity contribution in [2.45, 2.75) is 58.9 Å². The van der Waals surface area contributed by atoms with Crippen molar-refractivity contribution >= 4 is 11.7 Å². The van der Waals surface area contributed by atoms with E-state index in [9.17, 15) is 9.59 Å². The summed E-state index contributed by atoms with van der Waals surface area (Å²) in [5.74, 6) is -0.442. The number of nitrogens with one attached hydrogen (secondary N) is 1. The Kier molecular flexibility index (Phi) is 6.40. The summed E-state index contributed by atoms with van der Waals surface area (Å²) in [4.78, 5) is 29.1. The van der Waals surface area contributed by atoms with Crippen molar-refractivity contribution in [3.05, 3.63) is 11.8 Å². The average molecular weight is 337 g/mol. The van der Waals surface area contributed by atoms with Crippen LogP contribution in [-0.4, -0.2) is 42.5 Å². The van der Waals surface area contributed by atoms with Gasteiger partial charge < -0.3 is 11.1 Å². The van der Waals surface area contributed by atoms with E-state index in [2.05, 4.69) is 10.4 Å². The van der Waals surface area contributed by atoms with Crippen molar-refractivity contribution in [3.63, 3.8) is 0 Å². The summed E-state index contributed by atoms with van der Waals surface area (Å²) in [6.07, 6.45) is 7.64. The molecule has 2 aliphatic rings. The van der Waals surface area contributed by atoms with E-state index in [0.717, 1.165) is 19.2 Å². The fraction of sp³-hybridized carbons (Fsp3) is 0.778. The maximum Gasteiger partial charge on any atom is 0.267 e. The van der Waals surface area contributed by atoms with Crippen LogP contribution in [0.1, 0.15) is 52.9 Å². The van der Waals surface area contributed by atoms with E-state index in [4.69, 9.17) is 10.6 Å². The maximum absolute atomic E-state index is 12.1. The first-order valence-corrected chi connectivity index (χ1v) is 8.98. The molecule has 1 aliphatic carbocycles. The van der Waals surface area contributed by atoms with Gasteiger partial charge in [-0.25, -0.2) is 0 Å². The molecule has 1 heterocycles. The Bertz CT molecular complexity index is 496. The normalized spacial score (nSPS) is 22.2. The highest BCUT2D eigenvalue weighted by Crippen LogP contribution is 2.45. The van der Waals surface area contributed by atoms with Gasteiger partial charge in [-0.15, -0.1) is 0 Å². The maximum atomic E-state index is 12.1. The number of nitrogens with zero attached hydrogens (tertiary/aromatic N) is 1. The molecule has 1 aliphatic heterocycles. The van der Waals surface area contributed by atoms with Gasteiger partial charge in [0.05, 0.1) is 12.6 Å². The number of nitrogens with two attached hydrogens (primary N) is 1. The van der Waals surface area contributed by atoms with E-state index in [1.54, 1.807) is 0 Å². The van der Waals surface area contributed by atoms with Gasteiger partial charge in [0.25, 0.3) is 5.91 Å². The van der Waals surface area contributed by atoms with Crippen LogP contribution in [0.4, 0.5) is 0 Å². The van der Waals surface area contributed by atoms with E-state index in [0.29, 0.717) is 12.0 Å². The van der Waals surface area contributed by atoms with Crippen LogP contribution in [0.3, 0.4) is 0 Å². The van der Waals surface area contributed by atoms with E-state index in [1.807, 2.05) is 13.8 Å². The molecule has 1 saturated heterocycles. The Balaban J connectivity index is 1.83. The molecule has 1 atom stereocenters. The van der Waals surface area contributed by atoms with Crippen molar-refractivity contribution in [2.24, 2.45) is 17.1 Å². The van der Waals surface area contributed by atoms with Gasteiger partial charge in [0.1, 0.15) is 5.70 Å². The number of hydroxylamine groups is 2. The van der Waals surface area contributed by atoms with Gasteiger partial charge in [-0.3, -0.25) is 14.4 Å². The Morgan fingerprint density at radius 2 is 1.96 bits per heavy atom. The topological polar surface area (TPSA) is 84.7 Å². The average Bonchev–Trinajstić information content (AvgIpc) is 3.12. The van der Waals surface area contributed by atoms with E-state index >= 15 is 0 Å². The SMILES string of the molecule is CC(=O)/C=C(\N)C(=O)NC(CON1CCC2(CCCC2)C1)C(C)C. The molecule has 0 aromatic rings. The zero-order chi connectivity index (χ0) is 17.7. The van der Waals surface area contributed by atoms with Crippen molar-refractivity contribution < 1.29 is 14.4 Å². The lowest BCUT2D eigenvalue weighted by atomic mass is 9.86. The number of hydrogen-bond acceptors (Lipinski definition) is 5. The molecule has 136 valence electrons. The molecule has 1 unspecified atom stereocenters. The Labute approximate surface area is 144 Å². The number of carbonyl (C=O) groups is 2. The van der Waals surface area contributed by atoms with Crippen LogP contribution in [0.15, 0.2) is 11.8 Å². The lowest BCUT2D eigenvalue weighted by Gasteiger charge is -2.27. The third kappa shape index (κ3) is 5.05. The number of hydrogen-bond donors (Lipinski definition) is 2. The lowest BCUT2D eigenvalue weighted by Crippen LogP contribution is -2.45. The van der Waals surface area contributed by atoms with E-state index in [1.165, 1.54) is 39.0 Å². The third-order valence-corrected chi connectivity index (χ3v) is 5.25. The predicted octanol–water partition coefficient (Wildman–Crippen LogP) is 1.76. The monoisotopic (exact) mass is 337 g/mol. The smallest absolute Gasteiger partial charge is 0.267 e. The van der Waals surface area contributed by atoms with Gasteiger partial charge in [0, 0.05) is 19.2 Å². The number of allylic oxidation sites excluding steroid dienone is 1. The van der Waals surface area contributed by atoms with Crippen molar-refractivity contribution in [3.8, 4) is 0 Å². The first-order valence-electron chi connectivity index (χ1n) is 8.98. The minimum Gasteiger partial charge on any atom is -0.394 e. The minimum atomic E-state index is -0.416. The molecule has 1 amide bonds. The van der Waals surface area contributed by atoms with E-state index in [-0.39, 0.29) is 23.4 Å². The second-order valence-electron chi connectivity index (χ2n) is 7.65. The Morgan fingerprint density at radius 1 is 1.29 bits per heavy atom. The molecule has 1 spiro atoms. The number of rotatable bonds is 7. The summed E-state index contributed by atoms with van der Waals surface area (Å²) in [5, 5.41) is 4.93. The molecule has 0 bridgehead atoms.